The van der Waals surface area contributed by atoms with Gasteiger partial charge in [-0.2, -0.15) is 0 Å². The summed E-state index contributed by atoms with van der Waals surface area (Å²) >= 11 is 1.20. The monoisotopic (exact) mass is 541 g/mol. The quantitative estimate of drug-likeness (QED) is 0.346. The van der Waals surface area contributed by atoms with Crippen molar-refractivity contribution in [3.8, 4) is 11.6 Å². The highest BCUT2D eigenvalue weighted by Crippen LogP contribution is 2.46. The summed E-state index contributed by atoms with van der Waals surface area (Å²) in [6, 6.07) is 12.0. The number of urea groups is 1. The van der Waals surface area contributed by atoms with Gasteiger partial charge in [-0.05, 0) is 43.2 Å². The van der Waals surface area contributed by atoms with Crippen molar-refractivity contribution < 1.29 is 19.1 Å². The Labute approximate surface area is 227 Å². The van der Waals surface area contributed by atoms with Gasteiger partial charge in [-0.15, -0.1) is 21.5 Å². The Hall–Kier alpha value is -4.84. The first-order valence-corrected chi connectivity index (χ1v) is 13.1. The van der Waals surface area contributed by atoms with E-state index in [4.69, 9.17) is 4.74 Å². The number of hydrogen-bond acceptors (Lipinski definition) is 8. The molecule has 1 fully saturated rings. The molecule has 0 saturated carbocycles. The molecular formula is C27H23N7O4S. The number of amides is 4. The normalized spacial score (nSPS) is 16.2. The first-order valence-electron chi connectivity index (χ1n) is 12.2. The number of benzene rings is 1. The zero-order chi connectivity index (χ0) is 27.1. The second kappa shape index (κ2) is 9.80. The molecular weight excluding hydrogens is 518 g/mol. The van der Waals surface area contributed by atoms with Gasteiger partial charge < -0.3 is 20.3 Å². The summed E-state index contributed by atoms with van der Waals surface area (Å²) in [6.07, 6.45) is 3.50. The number of nitrogens with one attached hydrogen (secondary N) is 2. The van der Waals surface area contributed by atoms with Gasteiger partial charge in [-0.1, -0.05) is 24.8 Å². The Morgan fingerprint density at radius 3 is 2.82 bits per heavy atom. The highest BCUT2D eigenvalue weighted by atomic mass is 32.1. The van der Waals surface area contributed by atoms with Crippen LogP contribution < -0.4 is 20.3 Å². The van der Waals surface area contributed by atoms with Gasteiger partial charge in [0.15, 0.2) is 5.82 Å². The van der Waals surface area contributed by atoms with Crippen molar-refractivity contribution in [3.63, 3.8) is 0 Å². The predicted molar refractivity (Wildman–Crippen MR) is 147 cm³/mol. The van der Waals surface area contributed by atoms with Crippen molar-refractivity contribution in [3.05, 3.63) is 71.8 Å². The van der Waals surface area contributed by atoms with E-state index in [9.17, 15) is 14.4 Å². The number of pyridine rings is 1. The number of aromatic nitrogens is 3. The van der Waals surface area contributed by atoms with Gasteiger partial charge in [0, 0.05) is 31.4 Å². The van der Waals surface area contributed by atoms with Crippen molar-refractivity contribution in [1.29, 1.82) is 0 Å². The molecule has 0 unspecified atom stereocenters. The van der Waals surface area contributed by atoms with Gasteiger partial charge in [-0.3, -0.25) is 9.59 Å². The number of ether oxygens (including phenoxy) is 1. The molecule has 1 aromatic carbocycles. The summed E-state index contributed by atoms with van der Waals surface area (Å²) in [5.74, 6) is 0.764. The Kier molecular flexibility index (Phi) is 6.15. The second-order valence-electron chi connectivity index (χ2n) is 9.13. The molecule has 11 nitrogen and oxygen atoms in total. The fourth-order valence-electron chi connectivity index (χ4n) is 4.75. The topological polar surface area (TPSA) is 130 Å². The number of rotatable bonds is 6. The fourth-order valence-corrected chi connectivity index (χ4v) is 5.77. The lowest BCUT2D eigenvalue weighted by molar-refractivity contribution is -0.125. The number of hydrogen-bond donors (Lipinski definition) is 2. The molecule has 2 N–H and O–H groups in total. The van der Waals surface area contributed by atoms with Crippen molar-refractivity contribution >= 4 is 56.6 Å². The molecule has 4 amide bonds. The standard InChI is InChI=1S/C27H23N7O4S/c1-3-20(35)33-12-10-16(14-33)29-25(36)23-22-21-18(9-11-28-26(21)39-23)34(27(37)30-22)24-15(2)13-19(31-32-24)38-17-7-5-4-6-8-17/h3-9,11,13,16H,1,10,12,14H2,2H3,(H,29,36)(H,30,37)/t16-/m1/s1. The van der Waals surface area contributed by atoms with Gasteiger partial charge in [-0.25, -0.2) is 14.7 Å². The van der Waals surface area contributed by atoms with Crippen LogP contribution in [0.15, 0.2) is 61.3 Å². The summed E-state index contributed by atoms with van der Waals surface area (Å²) in [5.41, 5.74) is 1.63. The van der Waals surface area contributed by atoms with Gasteiger partial charge in [0.2, 0.25) is 11.8 Å². The number of para-hydroxylation sites is 1. The molecule has 39 heavy (non-hydrogen) atoms. The van der Waals surface area contributed by atoms with E-state index in [0.717, 1.165) is 0 Å². The highest BCUT2D eigenvalue weighted by molar-refractivity contribution is 7.21. The molecule has 0 spiro atoms. The van der Waals surface area contributed by atoms with E-state index < -0.39 is 6.03 Å². The number of nitrogens with zero attached hydrogens (tertiary/aromatic N) is 5. The van der Waals surface area contributed by atoms with Gasteiger partial charge in [0.05, 0.1) is 16.8 Å². The first kappa shape index (κ1) is 24.5. The largest absolute Gasteiger partial charge is 0.438 e. The van der Waals surface area contributed by atoms with E-state index in [-0.39, 0.29) is 17.9 Å². The van der Waals surface area contributed by atoms with E-state index in [0.29, 0.717) is 69.0 Å². The molecule has 2 aliphatic heterocycles. The van der Waals surface area contributed by atoms with Crippen LogP contribution in [0.3, 0.4) is 0 Å². The predicted octanol–water partition coefficient (Wildman–Crippen LogP) is 4.39. The summed E-state index contributed by atoms with van der Waals surface area (Å²) < 4.78 is 5.78. The molecule has 1 atom stereocenters. The van der Waals surface area contributed by atoms with Crippen LogP contribution in [0.1, 0.15) is 21.7 Å². The lowest BCUT2D eigenvalue weighted by atomic mass is 10.1. The Bertz CT molecular complexity index is 1640. The van der Waals surface area contributed by atoms with Crippen LogP contribution in [0.2, 0.25) is 0 Å². The molecule has 0 aliphatic carbocycles. The van der Waals surface area contributed by atoms with Crippen LogP contribution in [0, 0.1) is 6.92 Å². The Morgan fingerprint density at radius 2 is 2.05 bits per heavy atom. The second-order valence-corrected chi connectivity index (χ2v) is 10.1. The van der Waals surface area contributed by atoms with Crippen LogP contribution in [-0.4, -0.2) is 57.1 Å². The fraction of sp³-hybridized carbons (Fsp3) is 0.185. The van der Waals surface area contributed by atoms with Gasteiger partial charge in [0.1, 0.15) is 15.5 Å². The van der Waals surface area contributed by atoms with Crippen LogP contribution in [0.4, 0.5) is 22.0 Å². The summed E-state index contributed by atoms with van der Waals surface area (Å²) in [7, 11) is 0. The maximum absolute atomic E-state index is 13.4. The lowest BCUT2D eigenvalue weighted by Gasteiger charge is -2.28. The van der Waals surface area contributed by atoms with Crippen LogP contribution in [-0.2, 0) is 4.79 Å². The number of aryl methyl sites for hydroxylation is 1. The minimum atomic E-state index is -0.472. The maximum atomic E-state index is 13.4. The molecule has 2 aliphatic rings. The minimum Gasteiger partial charge on any atom is -0.438 e. The summed E-state index contributed by atoms with van der Waals surface area (Å²) in [6.45, 7) is 6.29. The number of likely N-dealkylation sites (tertiary alicyclic amines) is 1. The van der Waals surface area contributed by atoms with E-state index in [1.54, 1.807) is 23.2 Å². The number of thiophene rings is 1. The van der Waals surface area contributed by atoms with Crippen molar-refractivity contribution in [2.24, 2.45) is 0 Å². The summed E-state index contributed by atoms with van der Waals surface area (Å²) in [4.78, 5) is 47.1. The molecule has 12 heteroatoms. The molecule has 0 radical (unpaired) electrons. The maximum Gasteiger partial charge on any atom is 0.332 e. The lowest BCUT2D eigenvalue weighted by Crippen LogP contribution is -2.39. The van der Waals surface area contributed by atoms with E-state index in [2.05, 4.69) is 32.4 Å². The number of carbonyl (C=O) groups excluding carboxylic acids is 3. The Balaban J connectivity index is 1.29. The van der Waals surface area contributed by atoms with Crippen molar-refractivity contribution in [2.45, 2.75) is 19.4 Å². The molecule has 3 aromatic heterocycles. The third kappa shape index (κ3) is 4.44. The minimum absolute atomic E-state index is 0.164. The van der Waals surface area contributed by atoms with Crippen LogP contribution >= 0.6 is 11.3 Å². The van der Waals surface area contributed by atoms with Crippen LogP contribution in [0.5, 0.6) is 11.6 Å². The zero-order valence-corrected chi connectivity index (χ0v) is 21.7. The zero-order valence-electron chi connectivity index (χ0n) is 20.9. The average molecular weight is 542 g/mol. The molecule has 1 saturated heterocycles. The third-order valence-electron chi connectivity index (χ3n) is 6.58. The SMILES string of the molecule is C=CC(=O)N1CC[C@@H](NC(=O)c2sc3nccc4c3c2NC(=O)N4c2nnc(Oc3ccccc3)cc2C)C1. The molecule has 0 bridgehead atoms. The van der Waals surface area contributed by atoms with Crippen molar-refractivity contribution in [2.75, 3.05) is 23.3 Å². The average Bonchev–Trinajstić information content (AvgIpc) is 3.55. The van der Waals surface area contributed by atoms with E-state index >= 15 is 0 Å². The van der Waals surface area contributed by atoms with Gasteiger partial charge >= 0.3 is 6.03 Å². The Morgan fingerprint density at radius 1 is 1.23 bits per heavy atom. The van der Waals surface area contributed by atoms with E-state index in [1.165, 1.54) is 22.3 Å². The smallest absolute Gasteiger partial charge is 0.332 e. The van der Waals surface area contributed by atoms with Crippen LogP contribution in [0.25, 0.3) is 10.2 Å². The number of anilines is 3. The van der Waals surface area contributed by atoms with Gasteiger partial charge in [0.25, 0.3) is 5.91 Å². The molecule has 4 aromatic rings. The highest BCUT2D eigenvalue weighted by Gasteiger charge is 2.35. The van der Waals surface area contributed by atoms with E-state index in [1.807, 2.05) is 37.3 Å². The molecule has 5 heterocycles. The third-order valence-corrected chi connectivity index (χ3v) is 7.67. The first-order chi connectivity index (χ1) is 18.9. The molecule has 6 rings (SSSR count). The van der Waals surface area contributed by atoms with Crippen molar-refractivity contribution in [1.82, 2.24) is 25.4 Å². The molecule has 196 valence electrons. The number of carbonyl (C=O) groups is 3. The summed E-state index contributed by atoms with van der Waals surface area (Å²) in [5, 5.41) is 15.0.